The lowest BCUT2D eigenvalue weighted by Crippen LogP contribution is -2.59. The van der Waals surface area contributed by atoms with Gasteiger partial charge >= 0.3 is 5.97 Å². The van der Waals surface area contributed by atoms with Crippen LogP contribution in [0.25, 0.3) is 0 Å². The fourth-order valence-electron chi connectivity index (χ4n) is 7.41. The van der Waals surface area contributed by atoms with Crippen molar-refractivity contribution >= 4 is 5.97 Å². The summed E-state index contributed by atoms with van der Waals surface area (Å²) in [6.45, 7) is 4.38. The van der Waals surface area contributed by atoms with Crippen LogP contribution in [0.2, 0.25) is 0 Å². The van der Waals surface area contributed by atoms with Gasteiger partial charge in [0.05, 0.1) is 19.8 Å². The Morgan fingerprint density at radius 3 is 1.39 bits per heavy atom. The first-order valence-electron chi connectivity index (χ1n) is 26.3. The summed E-state index contributed by atoms with van der Waals surface area (Å²) in [5.41, 5.74) is 0. The highest BCUT2D eigenvalue weighted by Crippen LogP contribution is 2.22. The van der Waals surface area contributed by atoms with Crippen LogP contribution in [0.4, 0.5) is 0 Å². The lowest BCUT2D eigenvalue weighted by molar-refractivity contribution is -0.305. The lowest BCUT2D eigenvalue weighted by atomic mass is 9.99. The van der Waals surface area contributed by atoms with Crippen LogP contribution in [0, 0.1) is 0 Å². The van der Waals surface area contributed by atoms with Crippen LogP contribution < -0.4 is 0 Å². The molecule has 0 radical (unpaired) electrons. The number of esters is 1. The number of ether oxygens (including phenoxy) is 4. The van der Waals surface area contributed by atoms with E-state index < -0.39 is 43.4 Å². The largest absolute Gasteiger partial charge is 0.457 e. The second-order valence-electron chi connectivity index (χ2n) is 17.6. The van der Waals surface area contributed by atoms with Gasteiger partial charge < -0.3 is 39.4 Å². The highest BCUT2D eigenvalue weighted by Gasteiger charge is 2.44. The van der Waals surface area contributed by atoms with Gasteiger partial charge in [0.2, 0.25) is 0 Å². The van der Waals surface area contributed by atoms with Crippen molar-refractivity contribution in [2.45, 2.75) is 230 Å². The van der Waals surface area contributed by atoms with Crippen LogP contribution in [0.5, 0.6) is 0 Å². The summed E-state index contributed by atoms with van der Waals surface area (Å²) in [7, 11) is 0. The predicted octanol–water partition coefficient (Wildman–Crippen LogP) is 13.1. The second kappa shape index (κ2) is 47.2. The maximum atomic E-state index is 12.8. The number of aliphatic hydroxyl groups is 4. The van der Waals surface area contributed by atoms with Crippen LogP contribution >= 0.6 is 0 Å². The third kappa shape index (κ3) is 37.1. The minimum Gasteiger partial charge on any atom is -0.457 e. The zero-order valence-corrected chi connectivity index (χ0v) is 41.7. The summed E-state index contributed by atoms with van der Waals surface area (Å²) in [5, 5.41) is 40.3. The molecule has 378 valence electrons. The van der Waals surface area contributed by atoms with Crippen molar-refractivity contribution in [2.24, 2.45) is 0 Å². The summed E-state index contributed by atoms with van der Waals surface area (Å²) < 4.78 is 22.9. The van der Waals surface area contributed by atoms with Crippen LogP contribution in [0.15, 0.2) is 97.2 Å². The van der Waals surface area contributed by atoms with Gasteiger partial charge in [0, 0.05) is 13.0 Å². The number of aliphatic hydroxyl groups excluding tert-OH is 4. The molecule has 0 saturated carbocycles. The molecular formula is C57H96O9. The molecule has 0 bridgehead atoms. The van der Waals surface area contributed by atoms with E-state index in [1.807, 2.05) is 0 Å². The van der Waals surface area contributed by atoms with Crippen LogP contribution in [0.3, 0.4) is 0 Å². The quantitative estimate of drug-likeness (QED) is 0.0268. The Morgan fingerprint density at radius 1 is 0.500 bits per heavy atom. The molecule has 1 saturated heterocycles. The van der Waals surface area contributed by atoms with Gasteiger partial charge in [0.25, 0.3) is 0 Å². The van der Waals surface area contributed by atoms with Crippen LogP contribution in [-0.4, -0.2) is 89.6 Å². The summed E-state index contributed by atoms with van der Waals surface area (Å²) in [6, 6.07) is 0. The summed E-state index contributed by atoms with van der Waals surface area (Å²) >= 11 is 0. The monoisotopic (exact) mass is 925 g/mol. The van der Waals surface area contributed by atoms with Gasteiger partial charge in [-0.1, -0.05) is 188 Å². The van der Waals surface area contributed by atoms with E-state index in [-0.39, 0.29) is 25.6 Å². The molecule has 0 aromatic rings. The number of unbranched alkanes of at least 4 members (excludes halogenated alkanes) is 17. The zero-order chi connectivity index (χ0) is 47.8. The molecule has 4 N–H and O–H groups in total. The zero-order valence-electron chi connectivity index (χ0n) is 41.7. The molecule has 0 aliphatic carbocycles. The number of allylic oxidation sites excluding steroid dienone is 16. The fourth-order valence-corrected chi connectivity index (χ4v) is 7.41. The first-order chi connectivity index (χ1) is 32.4. The second-order valence-corrected chi connectivity index (χ2v) is 17.6. The molecular weight excluding hydrogens is 829 g/mol. The van der Waals surface area contributed by atoms with Gasteiger partial charge in [-0.05, 0) is 96.3 Å². The number of hydrogen-bond acceptors (Lipinski definition) is 9. The molecule has 1 fully saturated rings. The van der Waals surface area contributed by atoms with E-state index in [9.17, 15) is 25.2 Å². The van der Waals surface area contributed by atoms with Gasteiger partial charge in [-0.15, -0.1) is 0 Å². The van der Waals surface area contributed by atoms with E-state index in [1.54, 1.807) is 0 Å². The van der Waals surface area contributed by atoms with E-state index in [2.05, 4.69) is 111 Å². The molecule has 9 heteroatoms. The molecule has 1 heterocycles. The maximum Gasteiger partial charge on any atom is 0.306 e. The van der Waals surface area contributed by atoms with Crippen molar-refractivity contribution in [2.75, 3.05) is 26.4 Å². The van der Waals surface area contributed by atoms with Crippen molar-refractivity contribution in [1.82, 2.24) is 0 Å². The van der Waals surface area contributed by atoms with Gasteiger partial charge in [-0.3, -0.25) is 4.79 Å². The van der Waals surface area contributed by atoms with E-state index in [4.69, 9.17) is 18.9 Å². The van der Waals surface area contributed by atoms with Crippen molar-refractivity contribution < 1.29 is 44.2 Å². The maximum absolute atomic E-state index is 12.8. The van der Waals surface area contributed by atoms with Crippen molar-refractivity contribution in [1.29, 1.82) is 0 Å². The molecule has 1 rings (SSSR count). The molecule has 6 atom stereocenters. The summed E-state index contributed by atoms with van der Waals surface area (Å²) in [6.07, 6.45) is 58.6. The fraction of sp³-hybridized carbons (Fsp3) is 0.702. The van der Waals surface area contributed by atoms with E-state index >= 15 is 0 Å². The minimum absolute atomic E-state index is 0.124. The topological polar surface area (TPSA) is 135 Å². The van der Waals surface area contributed by atoms with Gasteiger partial charge in [0.1, 0.15) is 30.5 Å². The smallest absolute Gasteiger partial charge is 0.306 e. The molecule has 0 spiro atoms. The Morgan fingerprint density at radius 2 is 0.924 bits per heavy atom. The van der Waals surface area contributed by atoms with Gasteiger partial charge in [0.15, 0.2) is 6.29 Å². The number of rotatable bonds is 44. The van der Waals surface area contributed by atoms with E-state index in [0.717, 1.165) is 109 Å². The number of carbonyl (C=O) groups is 1. The van der Waals surface area contributed by atoms with Crippen molar-refractivity contribution in [3.63, 3.8) is 0 Å². The molecule has 0 aromatic carbocycles. The van der Waals surface area contributed by atoms with Gasteiger partial charge in [-0.2, -0.15) is 0 Å². The highest BCUT2D eigenvalue weighted by atomic mass is 16.7. The van der Waals surface area contributed by atoms with Crippen LogP contribution in [-0.2, 0) is 23.7 Å². The molecule has 0 aromatic heterocycles. The molecule has 66 heavy (non-hydrogen) atoms. The lowest BCUT2D eigenvalue weighted by Gasteiger charge is -2.39. The number of carbonyl (C=O) groups excluding carboxylic acids is 1. The number of hydrogen-bond donors (Lipinski definition) is 4. The Bertz CT molecular complexity index is 1330. The van der Waals surface area contributed by atoms with Crippen molar-refractivity contribution in [3.8, 4) is 0 Å². The SMILES string of the molecule is CC/C=C\C/C=C\C/C=C\C/C=C\C/C=C\CCCCCCCC(=O)OC(COCCCCCCCCC/C=C\C/C=C\C/C=C\CCCCCCC)COC1OC(CO)C(O)C(O)C1O. The first kappa shape index (κ1) is 61.1. The first-order valence-corrected chi connectivity index (χ1v) is 26.3. The van der Waals surface area contributed by atoms with E-state index in [1.165, 1.54) is 64.2 Å². The van der Waals surface area contributed by atoms with E-state index in [0.29, 0.717) is 6.61 Å². The molecule has 1 aliphatic rings. The third-order valence-corrected chi connectivity index (χ3v) is 11.5. The standard InChI is InChI=1S/C57H96O9/c1-3-5-7-9-11-13-15-17-19-21-23-25-27-29-31-33-35-37-39-41-43-45-47-63-49-51(50-64-57-56(62)55(61)54(60)52(48-58)66-57)65-53(59)46-44-42-40-38-36-34-32-30-28-26-24-22-20-18-16-14-12-10-8-6-4-2/h6,8,12,14-15,17-18,20-21,23-24,26-27,29-30,32,51-52,54-58,60-62H,3-5,7,9-11,13,16,19,22,25,28,31,33-50H2,1-2H3/b8-6-,14-12-,17-15-,20-18-,23-21-,26-24-,29-27-,32-30-. The normalized spacial score (nSPS) is 20.1. The summed E-state index contributed by atoms with van der Waals surface area (Å²) in [5.74, 6) is -0.339. The predicted molar refractivity (Wildman–Crippen MR) is 274 cm³/mol. The Labute approximate surface area is 402 Å². The molecule has 9 nitrogen and oxygen atoms in total. The third-order valence-electron chi connectivity index (χ3n) is 11.5. The average molecular weight is 925 g/mol. The highest BCUT2D eigenvalue weighted by molar-refractivity contribution is 5.69. The minimum atomic E-state index is -1.55. The summed E-state index contributed by atoms with van der Waals surface area (Å²) in [4.78, 5) is 12.8. The average Bonchev–Trinajstić information content (AvgIpc) is 3.32. The Balaban J connectivity index is 2.24. The Kier molecular flexibility index (Phi) is 43.7. The molecule has 1 aliphatic heterocycles. The van der Waals surface area contributed by atoms with Crippen LogP contribution in [0.1, 0.15) is 194 Å². The van der Waals surface area contributed by atoms with Gasteiger partial charge in [-0.25, -0.2) is 0 Å². The molecule has 6 unspecified atom stereocenters. The Hall–Kier alpha value is -2.89. The van der Waals surface area contributed by atoms with Crippen molar-refractivity contribution in [3.05, 3.63) is 97.2 Å². The molecule has 0 amide bonds.